The van der Waals surface area contributed by atoms with Crippen molar-refractivity contribution in [3.8, 4) is 5.75 Å². The summed E-state index contributed by atoms with van der Waals surface area (Å²) in [5.41, 5.74) is 3.79. The summed E-state index contributed by atoms with van der Waals surface area (Å²) in [5, 5.41) is 0. The van der Waals surface area contributed by atoms with Gasteiger partial charge in [0.15, 0.2) is 17.7 Å². The molecule has 0 aromatic heterocycles. The van der Waals surface area contributed by atoms with Crippen LogP contribution in [0.1, 0.15) is 24.5 Å². The molecule has 5 heteroatoms. The number of ether oxygens (including phenoxy) is 1. The molecule has 0 radical (unpaired) electrons. The Bertz CT molecular complexity index is 801. The number of carbonyl (C=O) groups is 1. The van der Waals surface area contributed by atoms with Crippen LogP contribution in [0.25, 0.3) is 0 Å². The van der Waals surface area contributed by atoms with Crippen molar-refractivity contribution in [1.29, 1.82) is 0 Å². The number of amides is 1. The first-order valence-corrected chi connectivity index (χ1v) is 9.52. The Morgan fingerprint density at radius 3 is 2.44 bits per heavy atom. The lowest BCUT2D eigenvalue weighted by Crippen LogP contribution is -2.52. The van der Waals surface area contributed by atoms with E-state index in [-0.39, 0.29) is 11.7 Å². The third kappa shape index (κ3) is 4.24. The van der Waals surface area contributed by atoms with Crippen LogP contribution in [-0.2, 0) is 4.79 Å². The molecule has 4 nitrogen and oxygen atoms in total. The highest BCUT2D eigenvalue weighted by atomic mass is 19.1. The highest BCUT2D eigenvalue weighted by Crippen LogP contribution is 2.24. The van der Waals surface area contributed by atoms with E-state index in [2.05, 4.69) is 36.9 Å². The zero-order chi connectivity index (χ0) is 19.4. The largest absolute Gasteiger partial charge is 0.478 e. The number of halogens is 1. The molecular formula is C22H27FN2O2. The topological polar surface area (TPSA) is 32.8 Å². The van der Waals surface area contributed by atoms with Gasteiger partial charge in [0.2, 0.25) is 0 Å². The monoisotopic (exact) mass is 370 g/mol. The maximum absolute atomic E-state index is 13.8. The zero-order valence-electron chi connectivity index (χ0n) is 16.2. The Kier molecular flexibility index (Phi) is 5.99. The maximum Gasteiger partial charge on any atom is 0.263 e. The van der Waals surface area contributed by atoms with Crippen molar-refractivity contribution in [2.75, 3.05) is 31.1 Å². The van der Waals surface area contributed by atoms with E-state index in [4.69, 9.17) is 4.74 Å². The second-order valence-electron chi connectivity index (χ2n) is 6.98. The van der Waals surface area contributed by atoms with Gasteiger partial charge in [-0.2, -0.15) is 0 Å². The first-order valence-electron chi connectivity index (χ1n) is 9.52. The van der Waals surface area contributed by atoms with Crippen molar-refractivity contribution in [3.05, 3.63) is 59.4 Å². The number of aryl methyl sites for hydroxylation is 1. The smallest absolute Gasteiger partial charge is 0.263 e. The predicted octanol–water partition coefficient (Wildman–Crippen LogP) is 3.95. The summed E-state index contributed by atoms with van der Waals surface area (Å²) in [6.07, 6.45) is -0.154. The zero-order valence-corrected chi connectivity index (χ0v) is 16.2. The van der Waals surface area contributed by atoms with Crippen molar-refractivity contribution in [2.24, 2.45) is 0 Å². The molecule has 1 fully saturated rings. The number of rotatable bonds is 5. The second kappa shape index (κ2) is 8.42. The molecule has 27 heavy (non-hydrogen) atoms. The van der Waals surface area contributed by atoms with Crippen molar-refractivity contribution in [3.63, 3.8) is 0 Å². The molecule has 1 amide bonds. The Morgan fingerprint density at radius 2 is 1.78 bits per heavy atom. The highest BCUT2D eigenvalue weighted by Gasteiger charge is 2.28. The summed E-state index contributed by atoms with van der Waals surface area (Å²) >= 11 is 0. The van der Waals surface area contributed by atoms with Crippen molar-refractivity contribution >= 4 is 11.6 Å². The van der Waals surface area contributed by atoms with E-state index in [1.54, 1.807) is 18.2 Å². The van der Waals surface area contributed by atoms with Gasteiger partial charge in [0, 0.05) is 31.9 Å². The summed E-state index contributed by atoms with van der Waals surface area (Å²) in [7, 11) is 0. The Morgan fingerprint density at radius 1 is 1.07 bits per heavy atom. The van der Waals surface area contributed by atoms with E-state index in [1.165, 1.54) is 22.9 Å². The Labute approximate surface area is 160 Å². The van der Waals surface area contributed by atoms with Crippen molar-refractivity contribution < 1.29 is 13.9 Å². The minimum absolute atomic E-state index is 0.0682. The fraction of sp³-hybridized carbons (Fsp3) is 0.409. The molecule has 1 aliphatic rings. The van der Waals surface area contributed by atoms with Crippen LogP contribution >= 0.6 is 0 Å². The number of nitrogens with zero attached hydrogens (tertiary/aromatic N) is 2. The van der Waals surface area contributed by atoms with E-state index in [9.17, 15) is 9.18 Å². The van der Waals surface area contributed by atoms with Crippen LogP contribution in [0.2, 0.25) is 0 Å². The first-order chi connectivity index (χ1) is 13.0. The number of hydrogen-bond acceptors (Lipinski definition) is 3. The molecule has 144 valence electrons. The van der Waals surface area contributed by atoms with Gasteiger partial charge < -0.3 is 14.5 Å². The lowest BCUT2D eigenvalue weighted by Gasteiger charge is -2.38. The van der Waals surface area contributed by atoms with Gasteiger partial charge in [-0.15, -0.1) is 0 Å². The minimum Gasteiger partial charge on any atom is -0.478 e. The average Bonchev–Trinajstić information content (AvgIpc) is 2.69. The van der Waals surface area contributed by atoms with Crippen molar-refractivity contribution in [2.45, 2.75) is 33.3 Å². The summed E-state index contributed by atoms with van der Waals surface area (Å²) in [6.45, 7) is 8.99. The van der Waals surface area contributed by atoms with Gasteiger partial charge in [-0.05, 0) is 49.6 Å². The Balaban J connectivity index is 1.63. The molecule has 3 rings (SSSR count). The van der Waals surface area contributed by atoms with Gasteiger partial charge in [-0.3, -0.25) is 4.79 Å². The van der Waals surface area contributed by atoms with Crippen LogP contribution in [0.3, 0.4) is 0 Å². The molecule has 0 bridgehead atoms. The number of carbonyl (C=O) groups excluding carboxylic acids is 1. The highest BCUT2D eigenvalue weighted by molar-refractivity contribution is 5.81. The third-order valence-corrected chi connectivity index (χ3v) is 5.26. The van der Waals surface area contributed by atoms with Crippen LogP contribution in [0.5, 0.6) is 5.75 Å². The SMILES string of the molecule is CC[C@@H](Oc1ccccc1F)C(=O)N1CCN(c2cccc(C)c2C)CC1. The number of anilines is 1. The van der Waals surface area contributed by atoms with E-state index >= 15 is 0 Å². The third-order valence-electron chi connectivity index (χ3n) is 5.26. The lowest BCUT2D eigenvalue weighted by atomic mass is 10.1. The van der Waals surface area contributed by atoms with E-state index in [1.807, 2.05) is 11.8 Å². The van der Waals surface area contributed by atoms with Crippen LogP contribution in [0.4, 0.5) is 10.1 Å². The molecule has 0 aliphatic carbocycles. The summed E-state index contributed by atoms with van der Waals surface area (Å²) in [6, 6.07) is 12.5. The lowest BCUT2D eigenvalue weighted by molar-refractivity contribution is -0.139. The van der Waals surface area contributed by atoms with E-state index in [0.29, 0.717) is 19.5 Å². The van der Waals surface area contributed by atoms with E-state index < -0.39 is 11.9 Å². The molecule has 1 heterocycles. The van der Waals surface area contributed by atoms with Gasteiger partial charge >= 0.3 is 0 Å². The molecule has 0 spiro atoms. The molecule has 1 aliphatic heterocycles. The molecule has 1 atom stereocenters. The predicted molar refractivity (Wildman–Crippen MR) is 106 cm³/mol. The molecular weight excluding hydrogens is 343 g/mol. The number of benzene rings is 2. The van der Waals surface area contributed by atoms with Crippen LogP contribution in [-0.4, -0.2) is 43.1 Å². The molecule has 0 saturated carbocycles. The average molecular weight is 370 g/mol. The Hall–Kier alpha value is -2.56. The second-order valence-corrected chi connectivity index (χ2v) is 6.98. The summed E-state index contributed by atoms with van der Waals surface area (Å²) < 4.78 is 19.5. The van der Waals surface area contributed by atoms with E-state index in [0.717, 1.165) is 13.1 Å². The quantitative estimate of drug-likeness (QED) is 0.799. The first kappa shape index (κ1) is 19.2. The van der Waals surface area contributed by atoms with Crippen LogP contribution in [0.15, 0.2) is 42.5 Å². The summed E-state index contributed by atoms with van der Waals surface area (Å²) in [4.78, 5) is 17.0. The normalized spacial score (nSPS) is 15.6. The van der Waals surface area contributed by atoms with Gasteiger partial charge in [0.1, 0.15) is 0 Å². The van der Waals surface area contributed by atoms with Gasteiger partial charge in [-0.25, -0.2) is 4.39 Å². The molecule has 2 aromatic carbocycles. The summed E-state index contributed by atoms with van der Waals surface area (Å²) in [5.74, 6) is -0.378. The van der Waals surface area contributed by atoms with Crippen LogP contribution in [0, 0.1) is 19.7 Å². The van der Waals surface area contributed by atoms with Crippen LogP contribution < -0.4 is 9.64 Å². The van der Waals surface area contributed by atoms with Gasteiger partial charge in [0.25, 0.3) is 5.91 Å². The maximum atomic E-state index is 13.8. The minimum atomic E-state index is -0.658. The molecule has 0 unspecified atom stereocenters. The molecule has 0 N–H and O–H groups in total. The van der Waals surface area contributed by atoms with Gasteiger partial charge in [0.05, 0.1) is 0 Å². The fourth-order valence-electron chi connectivity index (χ4n) is 3.45. The fourth-order valence-corrected chi connectivity index (χ4v) is 3.45. The van der Waals surface area contributed by atoms with Crippen molar-refractivity contribution in [1.82, 2.24) is 4.90 Å². The number of para-hydroxylation sites is 1. The number of piperazine rings is 1. The molecule has 2 aromatic rings. The standard InChI is InChI=1S/C22H27FN2O2/c1-4-20(27-21-11-6-5-9-18(21)23)22(26)25-14-12-24(13-15-25)19-10-7-8-16(2)17(19)3/h5-11,20H,4,12-15H2,1-3H3/t20-/m1/s1. The van der Waals surface area contributed by atoms with Gasteiger partial charge in [-0.1, -0.05) is 31.2 Å². The number of hydrogen-bond donors (Lipinski definition) is 0. The molecule has 1 saturated heterocycles.